The molecule has 40 nitrogen and oxygen atoms in total. The van der Waals surface area contributed by atoms with E-state index in [9.17, 15) is 83.5 Å². The molecule has 0 bridgehead atoms. The number of alkyl halides is 11. The second-order valence-electron chi connectivity index (χ2n) is 28.3. The Balaban J connectivity index is 0.000000286. The summed E-state index contributed by atoms with van der Waals surface area (Å²) in [5, 5.41) is 51.7. The minimum atomic E-state index is -4.26. The molecule has 10 heterocycles. The molecule has 130 heavy (non-hydrogen) atoms. The monoisotopic (exact) mass is 2060 g/mol. The van der Waals surface area contributed by atoms with Gasteiger partial charge in [0.2, 0.25) is 11.5 Å². The predicted molar refractivity (Wildman–Crippen MR) is 470 cm³/mol. The van der Waals surface area contributed by atoms with Crippen molar-refractivity contribution in [2.45, 2.75) is 146 Å². The van der Waals surface area contributed by atoms with Crippen molar-refractivity contribution in [1.29, 1.82) is 0 Å². The molecule has 58 heteroatoms. The summed E-state index contributed by atoms with van der Waals surface area (Å²) in [5.41, 5.74) is 16.2. The van der Waals surface area contributed by atoms with Crippen LogP contribution < -0.4 is 28.7 Å². The number of rotatable bonds is 32. The van der Waals surface area contributed by atoms with Crippen LogP contribution in [0.1, 0.15) is 19.8 Å². The first-order chi connectivity index (χ1) is 60.8. The highest BCUT2D eigenvalue weighted by Crippen LogP contribution is 2.60. The number of hydrogen-bond acceptors (Lipinski definition) is 40. The molecule has 10 aliphatic heterocycles. The third-order valence-corrected chi connectivity index (χ3v) is 31.2. The van der Waals surface area contributed by atoms with Gasteiger partial charge in [0, 0.05) is 107 Å². The van der Waals surface area contributed by atoms with E-state index < -0.39 is 199 Å². The van der Waals surface area contributed by atoms with E-state index in [0.717, 1.165) is 47.0 Å². The molecule has 0 spiro atoms. The van der Waals surface area contributed by atoms with Crippen LogP contribution >= 0.6 is 95.8 Å². The summed E-state index contributed by atoms with van der Waals surface area (Å²) < 4.78 is 249. The first-order valence-corrected chi connectivity index (χ1v) is 48.8. The van der Waals surface area contributed by atoms with Crippen LogP contribution in [0.4, 0.5) is 35.1 Å². The van der Waals surface area contributed by atoms with Gasteiger partial charge in [-0.2, -0.15) is 4.39 Å². The Morgan fingerprint density at radius 1 is 0.469 bits per heavy atom. The van der Waals surface area contributed by atoms with E-state index in [1.807, 2.05) is 6.79 Å². The van der Waals surface area contributed by atoms with Crippen molar-refractivity contribution < 1.29 is 153 Å². The average molecular weight is 2060 g/mol. The normalized spacial score (nSPS) is 33.0. The van der Waals surface area contributed by atoms with E-state index in [4.69, 9.17) is 138 Å². The SMILES string of the molecule is C=C1N=C(N)C=CN1[C@@H]1O[C@@](/C=C(/F)P(=O)(OC)OC)(CCl)[C@@H](O)[C@H]1F.C=C1N=C(N)C=CN1[C@@H]1O[C@@](/C=C(/F)P(C)(=O)OCC)(CCl)[C@@H](O)[C@H]1F.C=C1N=C(N)C=CN1[C@@H]1O[C@@](/C=C\P(=O)(OC)OC)(CCl)[C@@H](O)[C@H]1F.C=C1N=C(N)C=CN1[C@@H]1O[C@](CCl)(CC(F)P(=O)(OC)OC)[C@@H](O)[C@H]1F.C=C1N=C(N)C=CN1[C@@H]1O[C@](CCl)(CCP(=O)(OC)OC)[C@@H](O)[C@H]1F.C=O. The van der Waals surface area contributed by atoms with Gasteiger partial charge in [-0.1, -0.05) is 32.9 Å². The first-order valence-electron chi connectivity index (χ1n) is 37.5. The average Bonchev–Trinajstić information content (AvgIpc) is 1.61. The van der Waals surface area contributed by atoms with Gasteiger partial charge in [-0.25, -0.2) is 55.7 Å². The molecular formula is C72H105Cl5F8N15O25P5. The minimum absolute atomic E-state index is 0.0124. The van der Waals surface area contributed by atoms with Gasteiger partial charge < -0.3 is 148 Å². The van der Waals surface area contributed by atoms with E-state index in [1.54, 1.807) is 6.92 Å². The summed E-state index contributed by atoms with van der Waals surface area (Å²) in [4.78, 5) is 33.7. The molecule has 0 radical (unpaired) electrons. The van der Waals surface area contributed by atoms with Crippen molar-refractivity contribution >= 4 is 132 Å². The minimum Gasteiger partial charge on any atom is -0.387 e. The molecule has 2 unspecified atom stereocenters. The van der Waals surface area contributed by atoms with Crippen LogP contribution in [-0.4, -0.2) is 318 Å². The lowest BCUT2D eigenvalue weighted by Crippen LogP contribution is -2.46. The third-order valence-electron chi connectivity index (χ3n) is 20.5. The fourth-order valence-electron chi connectivity index (χ4n) is 13.0. The fourth-order valence-corrected chi connectivity index (χ4v) is 19.7. The number of aliphatic hydroxyl groups is 5. The molecular weight excluding hydrogens is 1960 g/mol. The van der Waals surface area contributed by atoms with Crippen LogP contribution in [0.3, 0.4) is 0 Å². The van der Waals surface area contributed by atoms with Crippen molar-refractivity contribution in [2.75, 3.05) is 106 Å². The van der Waals surface area contributed by atoms with Gasteiger partial charge in [0.15, 0.2) is 67.6 Å². The van der Waals surface area contributed by atoms with Crippen LogP contribution in [0.5, 0.6) is 0 Å². The number of nitrogens with two attached hydrogens (primary N) is 5. The van der Waals surface area contributed by atoms with Crippen molar-refractivity contribution in [3.63, 3.8) is 0 Å². The fraction of sp³-hybridized carbons (Fsp3) is 0.556. The number of nitrogens with zero attached hydrogens (tertiary/aromatic N) is 10. The van der Waals surface area contributed by atoms with Crippen LogP contribution in [-0.2, 0) is 92.0 Å². The molecule has 0 aromatic carbocycles. The Bertz CT molecular complexity index is 4710. The van der Waals surface area contributed by atoms with Gasteiger partial charge in [0.05, 0.1) is 42.2 Å². The topological polar surface area (TPSA) is 541 Å². The summed E-state index contributed by atoms with van der Waals surface area (Å²) in [7, 11) is -10.2. The second kappa shape index (κ2) is 48.1. The molecule has 5 fully saturated rings. The first kappa shape index (κ1) is 114. The van der Waals surface area contributed by atoms with E-state index in [0.29, 0.717) is 6.08 Å². The molecule has 0 aliphatic carbocycles. The van der Waals surface area contributed by atoms with Gasteiger partial charge in [-0.3, -0.25) is 22.8 Å². The molecule has 10 aliphatic rings. The molecule has 5 saturated heterocycles. The van der Waals surface area contributed by atoms with Crippen molar-refractivity contribution in [2.24, 2.45) is 53.6 Å². The summed E-state index contributed by atoms with van der Waals surface area (Å²) in [6.07, 6.45) is -9.08. The number of aliphatic hydroxyl groups excluding tert-OH is 5. The van der Waals surface area contributed by atoms with Crippen LogP contribution in [0.2, 0.25) is 0 Å². The number of ether oxygens (including phenoxy) is 5. The zero-order valence-corrected chi connectivity index (χ0v) is 79.6. The number of amidine groups is 5. The maximum Gasteiger partial charge on any atom is 0.388 e. The molecule has 734 valence electrons. The molecule has 22 atom stereocenters. The molecule has 0 saturated carbocycles. The van der Waals surface area contributed by atoms with Gasteiger partial charge in [0.25, 0.3) is 7.37 Å². The number of hydrogen-bond donors (Lipinski definition) is 10. The van der Waals surface area contributed by atoms with E-state index in [1.165, 1.54) is 120 Å². The van der Waals surface area contributed by atoms with E-state index in [-0.39, 0.29) is 89.2 Å². The van der Waals surface area contributed by atoms with Crippen LogP contribution in [0.15, 0.2) is 184 Å². The van der Waals surface area contributed by atoms with Crippen LogP contribution in [0, 0.1) is 0 Å². The second-order valence-corrected chi connectivity index (χ2v) is 41.0. The highest BCUT2D eigenvalue weighted by atomic mass is 35.5. The van der Waals surface area contributed by atoms with Gasteiger partial charge in [-0.15, -0.1) is 58.0 Å². The summed E-state index contributed by atoms with van der Waals surface area (Å²) in [5.74, 6) is -1.69. The van der Waals surface area contributed by atoms with Gasteiger partial charge in [0.1, 0.15) is 124 Å². The molecule has 0 amide bonds. The highest BCUT2D eigenvalue weighted by Gasteiger charge is 2.63. The van der Waals surface area contributed by atoms with Gasteiger partial charge in [-0.05, 0) is 62.0 Å². The third kappa shape index (κ3) is 25.6. The van der Waals surface area contributed by atoms with Gasteiger partial charge >= 0.3 is 30.4 Å². The molecule has 0 aromatic heterocycles. The number of halogens is 13. The summed E-state index contributed by atoms with van der Waals surface area (Å²) in [6.45, 7) is 22.9. The Morgan fingerprint density at radius 3 is 1.05 bits per heavy atom. The zero-order chi connectivity index (χ0) is 98.8. The lowest BCUT2D eigenvalue weighted by atomic mass is 9.94. The highest BCUT2D eigenvalue weighted by molar-refractivity contribution is 7.62. The van der Waals surface area contributed by atoms with E-state index >= 15 is 0 Å². The molecule has 10 rings (SSSR count). The Kier molecular flexibility index (Phi) is 42.3. The number of aliphatic imine (C=N–C) groups is 5. The zero-order valence-electron chi connectivity index (χ0n) is 71.3. The van der Waals surface area contributed by atoms with Crippen LogP contribution in [0.25, 0.3) is 0 Å². The lowest BCUT2D eigenvalue weighted by molar-refractivity contribution is -0.108. The molecule has 0 aromatic rings. The largest absolute Gasteiger partial charge is 0.388 e. The maximum atomic E-state index is 14.7. The predicted octanol–water partition coefficient (Wildman–Crippen LogP) is 9.30. The summed E-state index contributed by atoms with van der Waals surface area (Å²) in [6, 6.07) is 0. The number of carbonyl (C=O) groups is 1. The van der Waals surface area contributed by atoms with Crippen molar-refractivity contribution in [3.8, 4) is 0 Å². The Labute approximate surface area is 768 Å². The van der Waals surface area contributed by atoms with E-state index in [2.05, 4.69) is 76.0 Å². The lowest BCUT2D eigenvalue weighted by Gasteiger charge is -2.34. The quantitative estimate of drug-likeness (QED) is 0.0170. The standard InChI is InChI=1S/C15H21ClF2N3O4P.C14H21ClF2N3O5P.C14H19ClF2N3O5P.C14H22ClFN3O5P.C14H20ClFN3O5P.CH2O/c1-4-24-26(3,23)10(17)7-15(8-16)13(22)12(18)14(25-15)21-6-5-11(19)20-9(21)2;2*1-8-19-10(18)4-5-20(8)13-11(17)12(21)14(7-15,25-13)6-9(16)26(22,23-2)24-3;2*1-9-18-10(17)4-6-19(9)13-11(16)12(20)14(8-15,24-13)5-7-25(21,22-2)23-3;1-2/h5-7,12-14,22H,2,4,8H2,1,3H3,(H2,19,20);4-5,9,11-13,21H,1,6-7H2,2-3H3,(H2,18,19);4-6,11-13,21H,1,7H2,2-3H3,(H2,18,19);4,6,11-13,20H,1,5,7-8H2,2-3H3,(H2,17,18);4-7,11-13,20H,1,8H2,2-3H3,(H2,17,18);1H2/b10-7-;;9-6-;;7-5-;/t12-,13+,14-,15+,26?;9?,11-,12+,13-,14+;3*11-,12+,13-,14+;/m11111./s1. The Hall–Kier alpha value is -6.08. The summed E-state index contributed by atoms with van der Waals surface area (Å²) >= 11 is 29.5. The smallest absolute Gasteiger partial charge is 0.387 e. The van der Waals surface area contributed by atoms with Crippen molar-refractivity contribution in [1.82, 2.24) is 24.5 Å². The number of carbonyl (C=O) groups excluding carboxylic acids is 1. The maximum absolute atomic E-state index is 14.7. The Morgan fingerprint density at radius 2 is 0.762 bits per heavy atom. The van der Waals surface area contributed by atoms with Crippen molar-refractivity contribution in [3.05, 3.63) is 159 Å². The molecule has 15 N–H and O–H groups in total.